The van der Waals surface area contributed by atoms with E-state index in [1.54, 1.807) is 6.07 Å². The first-order chi connectivity index (χ1) is 9.46. The fraction of sp³-hybridized carbons (Fsp3) is 0.571. The summed E-state index contributed by atoms with van der Waals surface area (Å²) in [4.78, 5) is 0. The first kappa shape index (κ1) is 16.1. The molecule has 0 unspecified atom stereocenters. The minimum atomic E-state index is -2.83. The molecule has 1 fully saturated rings. The number of hydrogen-bond donors (Lipinski definition) is 1. The van der Waals surface area contributed by atoms with Crippen LogP contribution in [-0.2, 0) is 16.3 Å². The van der Waals surface area contributed by atoms with Crippen molar-refractivity contribution in [2.75, 3.05) is 18.1 Å². The van der Waals surface area contributed by atoms with Crippen LogP contribution >= 0.6 is 23.2 Å². The van der Waals surface area contributed by atoms with E-state index in [1.165, 1.54) is 0 Å². The molecule has 1 atom stereocenters. The zero-order valence-electron chi connectivity index (χ0n) is 11.2. The summed E-state index contributed by atoms with van der Waals surface area (Å²) in [5, 5.41) is 4.67. The Morgan fingerprint density at radius 1 is 1.30 bits per heavy atom. The Morgan fingerprint density at radius 2 is 2.10 bits per heavy atom. The first-order valence-electron chi connectivity index (χ1n) is 6.84. The Labute approximate surface area is 130 Å². The van der Waals surface area contributed by atoms with Crippen LogP contribution in [0.5, 0.6) is 0 Å². The van der Waals surface area contributed by atoms with Crippen molar-refractivity contribution >= 4 is 33.0 Å². The van der Waals surface area contributed by atoms with Gasteiger partial charge in [-0.1, -0.05) is 29.3 Å². The van der Waals surface area contributed by atoms with Gasteiger partial charge >= 0.3 is 0 Å². The summed E-state index contributed by atoms with van der Waals surface area (Å²) in [6.45, 7) is 0.805. The van der Waals surface area contributed by atoms with Crippen molar-refractivity contribution in [1.82, 2.24) is 5.32 Å². The molecule has 1 saturated heterocycles. The molecule has 1 heterocycles. The monoisotopic (exact) mass is 335 g/mol. The maximum absolute atomic E-state index is 11.5. The Balaban J connectivity index is 1.74. The zero-order valence-corrected chi connectivity index (χ0v) is 13.6. The Kier molecular flexibility index (Phi) is 5.73. The lowest BCUT2D eigenvalue weighted by Crippen LogP contribution is -2.40. The minimum absolute atomic E-state index is 0.106. The average molecular weight is 336 g/mol. The van der Waals surface area contributed by atoms with Crippen molar-refractivity contribution in [2.45, 2.75) is 31.7 Å². The van der Waals surface area contributed by atoms with Crippen LogP contribution in [0.4, 0.5) is 0 Å². The van der Waals surface area contributed by atoms with Gasteiger partial charge in [-0.15, -0.1) is 0 Å². The quantitative estimate of drug-likeness (QED) is 0.841. The molecule has 0 spiro atoms. The second kappa shape index (κ2) is 7.12. The number of sulfone groups is 1. The van der Waals surface area contributed by atoms with E-state index in [9.17, 15) is 8.42 Å². The number of aryl methyl sites for hydroxylation is 1. The molecular weight excluding hydrogens is 317 g/mol. The van der Waals surface area contributed by atoms with Gasteiger partial charge in [0.05, 0.1) is 11.5 Å². The standard InChI is InChI=1S/C14H19Cl2NO2S/c15-12-6-5-11(14(16)9-12)3-1-7-17-13-4-2-8-20(18,19)10-13/h5-6,9,13,17H,1-4,7-8,10H2/t13-/m1/s1. The van der Waals surface area contributed by atoms with E-state index < -0.39 is 9.84 Å². The van der Waals surface area contributed by atoms with Gasteiger partial charge in [0.1, 0.15) is 0 Å². The summed E-state index contributed by atoms with van der Waals surface area (Å²) in [5.74, 6) is 0.611. The van der Waals surface area contributed by atoms with E-state index >= 15 is 0 Å². The van der Waals surface area contributed by atoms with E-state index in [4.69, 9.17) is 23.2 Å². The second-order valence-electron chi connectivity index (χ2n) is 5.25. The largest absolute Gasteiger partial charge is 0.313 e. The second-order valence-corrected chi connectivity index (χ2v) is 8.32. The van der Waals surface area contributed by atoms with Gasteiger partial charge < -0.3 is 5.32 Å². The third kappa shape index (κ3) is 4.92. The topological polar surface area (TPSA) is 46.2 Å². The molecule has 20 heavy (non-hydrogen) atoms. The lowest BCUT2D eigenvalue weighted by atomic mass is 10.1. The van der Waals surface area contributed by atoms with Crippen molar-refractivity contribution in [3.8, 4) is 0 Å². The summed E-state index contributed by atoms with van der Waals surface area (Å²) in [6, 6.07) is 5.63. The SMILES string of the molecule is O=S1(=O)CCC[C@@H](NCCCc2ccc(Cl)cc2Cl)C1. The van der Waals surface area contributed by atoms with E-state index in [1.807, 2.05) is 12.1 Å². The third-order valence-corrected chi connectivity index (χ3v) is 5.94. The van der Waals surface area contributed by atoms with Crippen molar-refractivity contribution in [3.63, 3.8) is 0 Å². The maximum atomic E-state index is 11.5. The van der Waals surface area contributed by atoms with Gasteiger partial charge in [-0.05, 0) is 49.9 Å². The molecule has 0 aliphatic carbocycles. The number of rotatable bonds is 5. The van der Waals surface area contributed by atoms with Gasteiger partial charge in [-0.2, -0.15) is 0 Å². The van der Waals surface area contributed by atoms with Crippen LogP contribution in [0, 0.1) is 0 Å². The summed E-state index contributed by atoms with van der Waals surface area (Å²) in [7, 11) is -2.83. The molecule has 0 bridgehead atoms. The van der Waals surface area contributed by atoms with Gasteiger partial charge in [-0.25, -0.2) is 8.42 Å². The van der Waals surface area contributed by atoms with Gasteiger partial charge in [0.25, 0.3) is 0 Å². The molecule has 0 radical (unpaired) electrons. The number of nitrogens with one attached hydrogen (secondary N) is 1. The van der Waals surface area contributed by atoms with Crippen molar-refractivity contribution in [2.24, 2.45) is 0 Å². The summed E-state index contributed by atoms with van der Waals surface area (Å²) in [6.07, 6.45) is 3.50. The highest BCUT2D eigenvalue weighted by atomic mass is 35.5. The molecule has 3 nitrogen and oxygen atoms in total. The van der Waals surface area contributed by atoms with Crippen molar-refractivity contribution in [3.05, 3.63) is 33.8 Å². The molecule has 1 aromatic carbocycles. The summed E-state index contributed by atoms with van der Waals surface area (Å²) < 4.78 is 23.0. The number of benzene rings is 1. The summed E-state index contributed by atoms with van der Waals surface area (Å²) in [5.41, 5.74) is 1.08. The molecule has 0 saturated carbocycles. The summed E-state index contributed by atoms with van der Waals surface area (Å²) >= 11 is 12.0. The van der Waals surface area contributed by atoms with E-state index in [2.05, 4.69) is 5.32 Å². The highest BCUT2D eigenvalue weighted by Crippen LogP contribution is 2.22. The van der Waals surface area contributed by atoms with Gasteiger partial charge in [0.2, 0.25) is 0 Å². The molecule has 1 N–H and O–H groups in total. The fourth-order valence-electron chi connectivity index (χ4n) is 2.49. The van der Waals surface area contributed by atoms with Crippen LogP contribution in [-0.4, -0.2) is 32.5 Å². The first-order valence-corrected chi connectivity index (χ1v) is 9.42. The molecule has 6 heteroatoms. The van der Waals surface area contributed by atoms with Crippen molar-refractivity contribution < 1.29 is 8.42 Å². The van der Waals surface area contributed by atoms with Crippen LogP contribution in [0.2, 0.25) is 10.0 Å². The Morgan fingerprint density at radius 3 is 2.80 bits per heavy atom. The molecule has 2 rings (SSSR count). The van der Waals surface area contributed by atoms with Crippen molar-refractivity contribution in [1.29, 1.82) is 0 Å². The van der Waals surface area contributed by atoms with Crippen LogP contribution in [0.1, 0.15) is 24.8 Å². The lowest BCUT2D eigenvalue weighted by molar-refractivity contribution is 0.476. The molecule has 112 valence electrons. The molecule has 1 aromatic rings. The molecule has 1 aliphatic rings. The fourth-order valence-corrected chi connectivity index (χ4v) is 4.67. The van der Waals surface area contributed by atoms with E-state index in [0.29, 0.717) is 15.8 Å². The lowest BCUT2D eigenvalue weighted by Gasteiger charge is -2.23. The molecule has 1 aliphatic heterocycles. The normalized spacial score (nSPS) is 21.8. The highest BCUT2D eigenvalue weighted by molar-refractivity contribution is 7.91. The predicted molar refractivity (Wildman–Crippen MR) is 84.5 cm³/mol. The van der Waals surface area contributed by atoms with Crippen LogP contribution in [0.25, 0.3) is 0 Å². The van der Waals surface area contributed by atoms with Crippen LogP contribution in [0.15, 0.2) is 18.2 Å². The number of halogens is 2. The van der Waals surface area contributed by atoms with Crippen LogP contribution < -0.4 is 5.32 Å². The van der Waals surface area contributed by atoms with Crippen LogP contribution in [0.3, 0.4) is 0 Å². The van der Waals surface area contributed by atoms with E-state index in [0.717, 1.165) is 37.8 Å². The molecular formula is C14H19Cl2NO2S. The van der Waals surface area contributed by atoms with Gasteiger partial charge in [0, 0.05) is 16.1 Å². The van der Waals surface area contributed by atoms with E-state index in [-0.39, 0.29) is 11.8 Å². The third-order valence-electron chi connectivity index (χ3n) is 3.53. The predicted octanol–water partition coefficient (Wildman–Crippen LogP) is 3.09. The Bertz CT molecular complexity index is 560. The van der Waals surface area contributed by atoms with Gasteiger partial charge in [0.15, 0.2) is 9.84 Å². The maximum Gasteiger partial charge on any atom is 0.151 e. The minimum Gasteiger partial charge on any atom is -0.313 e. The Hall–Kier alpha value is -0.290. The zero-order chi connectivity index (χ0) is 14.6. The average Bonchev–Trinajstić information content (AvgIpc) is 2.35. The molecule has 0 aromatic heterocycles. The smallest absolute Gasteiger partial charge is 0.151 e. The molecule has 0 amide bonds. The van der Waals surface area contributed by atoms with Gasteiger partial charge in [-0.3, -0.25) is 0 Å². The highest BCUT2D eigenvalue weighted by Gasteiger charge is 2.23. The number of hydrogen-bond acceptors (Lipinski definition) is 3.